The number of hydrogen-bond acceptors (Lipinski definition) is 7. The molecule has 2 aromatic carbocycles. The zero-order chi connectivity index (χ0) is 29.9. The summed E-state index contributed by atoms with van der Waals surface area (Å²) >= 11 is 2.74. The molecule has 0 atom stereocenters. The second-order valence-electron chi connectivity index (χ2n) is 9.03. The minimum Gasteiger partial charge on any atom is -0.478 e. The summed E-state index contributed by atoms with van der Waals surface area (Å²) in [6.45, 7) is 3.79. The Bertz CT molecular complexity index is 1510. The van der Waals surface area contributed by atoms with Gasteiger partial charge in [-0.1, -0.05) is 60.7 Å². The molecular formula is C31H32N2O6S2. The minimum atomic E-state index is -1.06. The Morgan fingerprint density at radius 3 is 1.66 bits per heavy atom. The molecule has 0 saturated carbocycles. The van der Waals surface area contributed by atoms with Crippen molar-refractivity contribution in [2.45, 2.75) is 39.5 Å². The Labute approximate surface area is 246 Å². The summed E-state index contributed by atoms with van der Waals surface area (Å²) in [4.78, 5) is 47.2. The number of aldehydes is 1. The van der Waals surface area contributed by atoms with Gasteiger partial charge in [0.15, 0.2) is 0 Å². The van der Waals surface area contributed by atoms with Crippen LogP contribution in [0.1, 0.15) is 56.2 Å². The summed E-state index contributed by atoms with van der Waals surface area (Å²) in [5, 5.41) is 25.6. The lowest BCUT2D eigenvalue weighted by molar-refractivity contribution is -0.116. The first-order valence-corrected chi connectivity index (χ1v) is 14.6. The maximum absolute atomic E-state index is 12.0. The molecule has 0 aliphatic heterocycles. The van der Waals surface area contributed by atoms with Gasteiger partial charge in [-0.15, -0.1) is 22.7 Å². The van der Waals surface area contributed by atoms with Crippen molar-refractivity contribution < 1.29 is 29.4 Å². The standard InChI is InChI=1S/C18H19NO4S.C13H13NO2S/c1-12-15(13-8-4-2-5-9-13)16(18(22)23)17(24-12)19-14(21)10-6-3-7-11-20;1-8-10(9-6-4-3-5-7-9)11(13(15)16)12(14-2)17-8/h2,4-5,8-9,11H,3,6-7,10H2,1H3,(H,19,21)(H,22,23);3-7,14H,1-2H3,(H,15,16). The SMILES string of the molecule is CNc1sc(C)c(-c2ccccc2)c1C(=O)O.Cc1sc(NC(=O)CCCCC=O)c(C(=O)O)c1-c1ccccc1. The van der Waals surface area contributed by atoms with Crippen molar-refractivity contribution in [2.24, 2.45) is 0 Å². The van der Waals surface area contributed by atoms with Crippen LogP contribution in [0.2, 0.25) is 0 Å². The number of carboxylic acids is 2. The van der Waals surface area contributed by atoms with Crippen molar-refractivity contribution in [3.63, 3.8) is 0 Å². The van der Waals surface area contributed by atoms with E-state index in [2.05, 4.69) is 10.6 Å². The van der Waals surface area contributed by atoms with Crippen molar-refractivity contribution in [3.05, 3.63) is 81.5 Å². The number of benzene rings is 2. The molecular weight excluding hydrogens is 560 g/mol. The Hall–Kier alpha value is -4.28. The second kappa shape index (κ2) is 14.9. The highest BCUT2D eigenvalue weighted by Gasteiger charge is 2.24. The number of carboxylic acid groups (broad SMARTS) is 2. The molecule has 4 rings (SSSR count). The van der Waals surface area contributed by atoms with Gasteiger partial charge in [-0.25, -0.2) is 9.59 Å². The Balaban J connectivity index is 0.000000239. The molecule has 0 radical (unpaired) electrons. The normalized spacial score (nSPS) is 10.3. The number of unbranched alkanes of at least 4 members (excludes halogenated alkanes) is 2. The van der Waals surface area contributed by atoms with Crippen LogP contribution < -0.4 is 10.6 Å². The van der Waals surface area contributed by atoms with Crippen LogP contribution >= 0.6 is 22.7 Å². The van der Waals surface area contributed by atoms with Crippen LogP contribution in [0.15, 0.2) is 60.7 Å². The van der Waals surface area contributed by atoms with E-state index in [1.165, 1.54) is 22.7 Å². The third-order valence-electron chi connectivity index (χ3n) is 6.18. The quantitative estimate of drug-likeness (QED) is 0.104. The summed E-state index contributed by atoms with van der Waals surface area (Å²) in [7, 11) is 1.74. The number of carbonyl (C=O) groups is 4. The van der Waals surface area contributed by atoms with Crippen LogP contribution in [0, 0.1) is 13.8 Å². The molecule has 2 aromatic heterocycles. The smallest absolute Gasteiger partial charge is 0.339 e. The van der Waals surface area contributed by atoms with Gasteiger partial charge in [0.05, 0.1) is 0 Å². The predicted molar refractivity (Wildman–Crippen MR) is 166 cm³/mol. The van der Waals surface area contributed by atoms with Gasteiger partial charge < -0.3 is 25.6 Å². The summed E-state index contributed by atoms with van der Waals surface area (Å²) in [5.41, 5.74) is 3.71. The Morgan fingerprint density at radius 2 is 1.22 bits per heavy atom. The summed E-state index contributed by atoms with van der Waals surface area (Å²) in [5.74, 6) is -2.18. The maximum Gasteiger partial charge on any atom is 0.339 e. The van der Waals surface area contributed by atoms with Crippen LogP contribution in [-0.2, 0) is 9.59 Å². The molecule has 41 heavy (non-hydrogen) atoms. The molecule has 214 valence electrons. The Morgan fingerprint density at radius 1 is 0.756 bits per heavy atom. The fraction of sp³-hybridized carbons (Fsp3) is 0.226. The zero-order valence-corrected chi connectivity index (χ0v) is 24.7. The number of anilines is 2. The third kappa shape index (κ3) is 7.90. The number of aryl methyl sites for hydroxylation is 2. The van der Waals surface area contributed by atoms with E-state index in [1.54, 1.807) is 7.05 Å². The van der Waals surface area contributed by atoms with Gasteiger partial charge in [0.1, 0.15) is 27.4 Å². The molecule has 0 aliphatic rings. The molecule has 0 spiro atoms. The van der Waals surface area contributed by atoms with Crippen LogP contribution in [0.25, 0.3) is 22.3 Å². The first kappa shape index (κ1) is 31.3. The van der Waals surface area contributed by atoms with Crippen molar-refractivity contribution in [1.82, 2.24) is 0 Å². The molecule has 0 fully saturated rings. The molecule has 2 heterocycles. The van der Waals surface area contributed by atoms with E-state index < -0.39 is 11.9 Å². The average molecular weight is 593 g/mol. The van der Waals surface area contributed by atoms with Crippen LogP contribution in [0.4, 0.5) is 10.0 Å². The van der Waals surface area contributed by atoms with Gasteiger partial charge in [0.2, 0.25) is 5.91 Å². The van der Waals surface area contributed by atoms with E-state index >= 15 is 0 Å². The molecule has 1 amide bonds. The lowest BCUT2D eigenvalue weighted by Gasteiger charge is -2.06. The second-order valence-corrected chi connectivity index (χ2v) is 11.5. The molecule has 4 aromatic rings. The van der Waals surface area contributed by atoms with Crippen molar-refractivity contribution in [3.8, 4) is 22.3 Å². The monoisotopic (exact) mass is 592 g/mol. The zero-order valence-electron chi connectivity index (χ0n) is 23.0. The highest BCUT2D eigenvalue weighted by Crippen LogP contribution is 2.40. The highest BCUT2D eigenvalue weighted by atomic mass is 32.1. The largest absolute Gasteiger partial charge is 0.478 e. The van der Waals surface area contributed by atoms with Crippen molar-refractivity contribution in [2.75, 3.05) is 17.7 Å². The van der Waals surface area contributed by atoms with E-state index in [-0.39, 0.29) is 17.9 Å². The van der Waals surface area contributed by atoms with Gasteiger partial charge in [-0.05, 0) is 37.8 Å². The fourth-order valence-electron chi connectivity index (χ4n) is 4.37. The number of hydrogen-bond donors (Lipinski definition) is 4. The lowest BCUT2D eigenvalue weighted by atomic mass is 10.0. The summed E-state index contributed by atoms with van der Waals surface area (Å²) in [6, 6.07) is 18.9. The molecule has 4 N–H and O–H groups in total. The van der Waals surface area contributed by atoms with Crippen molar-refractivity contribution >= 4 is 56.8 Å². The van der Waals surface area contributed by atoms with Gasteiger partial charge in [-0.2, -0.15) is 0 Å². The third-order valence-corrected chi connectivity index (χ3v) is 8.32. The lowest BCUT2D eigenvalue weighted by Crippen LogP contribution is -2.13. The first-order chi connectivity index (χ1) is 19.7. The van der Waals surface area contributed by atoms with E-state index in [0.29, 0.717) is 40.4 Å². The number of rotatable bonds is 11. The fourth-order valence-corrected chi connectivity index (χ4v) is 6.47. The van der Waals surface area contributed by atoms with E-state index in [0.717, 1.165) is 32.7 Å². The number of carbonyl (C=O) groups excluding carboxylic acids is 2. The number of amides is 1. The van der Waals surface area contributed by atoms with Crippen molar-refractivity contribution in [1.29, 1.82) is 0 Å². The summed E-state index contributed by atoms with van der Waals surface area (Å²) < 4.78 is 0. The number of nitrogens with one attached hydrogen (secondary N) is 2. The van der Waals surface area contributed by atoms with Crippen LogP contribution in [0.5, 0.6) is 0 Å². The van der Waals surface area contributed by atoms with Crippen LogP contribution in [-0.4, -0.2) is 41.4 Å². The topological polar surface area (TPSA) is 133 Å². The van der Waals surface area contributed by atoms with E-state index in [1.807, 2.05) is 74.5 Å². The van der Waals surface area contributed by atoms with Gasteiger partial charge in [0, 0.05) is 40.8 Å². The molecule has 10 heteroatoms. The summed E-state index contributed by atoms with van der Waals surface area (Å²) in [6.07, 6.45) is 2.79. The molecule has 0 bridgehead atoms. The average Bonchev–Trinajstić information content (AvgIpc) is 3.48. The Kier molecular flexibility index (Phi) is 11.4. The first-order valence-electron chi connectivity index (χ1n) is 12.9. The van der Waals surface area contributed by atoms with E-state index in [4.69, 9.17) is 0 Å². The van der Waals surface area contributed by atoms with Gasteiger partial charge >= 0.3 is 11.9 Å². The highest BCUT2D eigenvalue weighted by molar-refractivity contribution is 7.17. The molecule has 0 unspecified atom stereocenters. The molecule has 8 nitrogen and oxygen atoms in total. The van der Waals surface area contributed by atoms with Gasteiger partial charge in [0.25, 0.3) is 0 Å². The number of aromatic carboxylic acids is 2. The van der Waals surface area contributed by atoms with Crippen LogP contribution in [0.3, 0.4) is 0 Å². The van der Waals surface area contributed by atoms with E-state index in [9.17, 15) is 29.4 Å². The predicted octanol–water partition coefficient (Wildman–Crippen LogP) is 7.58. The molecule has 0 saturated heterocycles. The maximum atomic E-state index is 12.0. The molecule has 0 aliphatic carbocycles. The number of thiophene rings is 2. The van der Waals surface area contributed by atoms with Gasteiger partial charge in [-0.3, -0.25) is 4.79 Å². The minimum absolute atomic E-state index is 0.130.